The van der Waals surface area contributed by atoms with Crippen LogP contribution in [-0.4, -0.2) is 20.1 Å². The predicted octanol–water partition coefficient (Wildman–Crippen LogP) is 6.87. The standard InChI is InChI=1S/C16H37NSSi2/c1-9-11-13-15-16(14-12-10-2)18-17(19(3,4)5)20(6,7)8/h15H,9-14H2,1-8H3/b16-15-. The molecule has 0 aliphatic rings. The average molecular weight is 332 g/mol. The number of hydrogen-bond donors (Lipinski definition) is 0. The Morgan fingerprint density at radius 3 is 1.80 bits per heavy atom. The van der Waals surface area contributed by atoms with Crippen LogP contribution in [0, 0.1) is 0 Å². The van der Waals surface area contributed by atoms with Crippen molar-refractivity contribution in [2.75, 3.05) is 0 Å². The lowest BCUT2D eigenvalue weighted by molar-refractivity contribution is 0.786. The summed E-state index contributed by atoms with van der Waals surface area (Å²) < 4.78 is 2.84. The van der Waals surface area contributed by atoms with Crippen LogP contribution in [0.4, 0.5) is 0 Å². The minimum absolute atomic E-state index is 1.25. The van der Waals surface area contributed by atoms with Gasteiger partial charge in [-0.15, -0.1) is 0 Å². The molecule has 1 nitrogen and oxygen atoms in total. The highest BCUT2D eigenvalue weighted by Crippen LogP contribution is 2.35. The van der Waals surface area contributed by atoms with E-state index in [-0.39, 0.29) is 0 Å². The molecule has 0 radical (unpaired) electrons. The summed E-state index contributed by atoms with van der Waals surface area (Å²) in [5.74, 6) is 0. The van der Waals surface area contributed by atoms with Crippen molar-refractivity contribution in [3.05, 3.63) is 11.0 Å². The zero-order chi connectivity index (χ0) is 15.8. The van der Waals surface area contributed by atoms with E-state index in [2.05, 4.69) is 74.8 Å². The van der Waals surface area contributed by atoms with Gasteiger partial charge in [-0.05, 0) is 24.2 Å². The van der Waals surface area contributed by atoms with Crippen molar-refractivity contribution in [3.63, 3.8) is 0 Å². The van der Waals surface area contributed by atoms with Crippen molar-refractivity contribution >= 4 is 28.4 Å². The van der Waals surface area contributed by atoms with Crippen molar-refractivity contribution in [2.45, 2.75) is 91.7 Å². The van der Waals surface area contributed by atoms with Crippen LogP contribution in [0.15, 0.2) is 11.0 Å². The first-order chi connectivity index (χ1) is 9.12. The summed E-state index contributed by atoms with van der Waals surface area (Å²) in [5, 5.41) is 0. The van der Waals surface area contributed by atoms with Gasteiger partial charge in [0.1, 0.15) is 16.5 Å². The van der Waals surface area contributed by atoms with E-state index in [9.17, 15) is 0 Å². The fraction of sp³-hybridized carbons (Fsp3) is 0.875. The van der Waals surface area contributed by atoms with E-state index in [1.807, 2.05) is 0 Å². The molecule has 0 fully saturated rings. The molecule has 0 spiro atoms. The zero-order valence-corrected chi connectivity index (χ0v) is 18.0. The van der Waals surface area contributed by atoms with Gasteiger partial charge in [0.05, 0.1) is 0 Å². The van der Waals surface area contributed by atoms with E-state index in [0.29, 0.717) is 0 Å². The fourth-order valence-corrected chi connectivity index (χ4v) is 14.0. The average Bonchev–Trinajstić information content (AvgIpc) is 2.28. The van der Waals surface area contributed by atoms with Gasteiger partial charge in [0.2, 0.25) is 0 Å². The maximum absolute atomic E-state index is 2.84. The third-order valence-electron chi connectivity index (χ3n) is 3.13. The highest BCUT2D eigenvalue weighted by Gasteiger charge is 2.35. The third kappa shape index (κ3) is 8.70. The Hall–Kier alpha value is 0.484. The van der Waals surface area contributed by atoms with Crippen molar-refractivity contribution in [1.82, 2.24) is 3.64 Å². The Kier molecular flexibility index (Phi) is 9.72. The van der Waals surface area contributed by atoms with Crippen molar-refractivity contribution in [3.8, 4) is 0 Å². The molecule has 0 amide bonds. The molecule has 0 aliphatic heterocycles. The molecule has 0 rings (SSSR count). The van der Waals surface area contributed by atoms with Crippen molar-refractivity contribution in [1.29, 1.82) is 0 Å². The molecule has 4 heteroatoms. The summed E-state index contributed by atoms with van der Waals surface area (Å²) in [6.45, 7) is 19.5. The quantitative estimate of drug-likeness (QED) is 0.244. The number of nitrogens with zero attached hydrogens (tertiary/aromatic N) is 1. The molecule has 0 aliphatic carbocycles. The summed E-state index contributed by atoms with van der Waals surface area (Å²) in [5.41, 5.74) is 0. The van der Waals surface area contributed by atoms with Crippen LogP contribution in [0.2, 0.25) is 39.3 Å². The molecule has 0 bridgehead atoms. The van der Waals surface area contributed by atoms with Gasteiger partial charge in [-0.3, -0.25) is 3.64 Å². The summed E-state index contributed by atoms with van der Waals surface area (Å²) >= 11 is 2.11. The van der Waals surface area contributed by atoms with Crippen LogP contribution in [0.3, 0.4) is 0 Å². The maximum atomic E-state index is 2.84. The van der Waals surface area contributed by atoms with Crippen LogP contribution in [0.1, 0.15) is 52.4 Å². The number of rotatable bonds is 10. The van der Waals surface area contributed by atoms with E-state index in [0.717, 1.165) is 0 Å². The summed E-state index contributed by atoms with van der Waals surface area (Å²) in [6.07, 6.45) is 10.3. The topological polar surface area (TPSA) is 3.24 Å². The molecule has 0 aromatic heterocycles. The van der Waals surface area contributed by atoms with E-state index >= 15 is 0 Å². The first kappa shape index (κ1) is 20.5. The first-order valence-electron chi connectivity index (χ1n) is 8.30. The molecule has 0 aromatic rings. The first-order valence-corrected chi connectivity index (χ1v) is 16.0. The molecule has 0 heterocycles. The lowest BCUT2D eigenvalue weighted by Gasteiger charge is -2.42. The lowest BCUT2D eigenvalue weighted by Crippen LogP contribution is -2.54. The SMILES string of the molecule is CCCC/C=C(/CCCC)SN([Si](C)(C)C)[Si](C)(C)C. The van der Waals surface area contributed by atoms with E-state index < -0.39 is 16.5 Å². The smallest absolute Gasteiger partial charge is 0.123 e. The summed E-state index contributed by atoms with van der Waals surface area (Å²) in [6, 6.07) is 0. The van der Waals surface area contributed by atoms with Gasteiger partial charge < -0.3 is 0 Å². The number of unbranched alkanes of at least 4 members (excludes halogenated alkanes) is 3. The van der Waals surface area contributed by atoms with Crippen LogP contribution >= 0.6 is 11.9 Å². The molecule has 120 valence electrons. The molecule has 0 atom stereocenters. The van der Waals surface area contributed by atoms with E-state index in [1.54, 1.807) is 4.91 Å². The Balaban J connectivity index is 4.93. The lowest BCUT2D eigenvalue weighted by atomic mass is 10.2. The minimum atomic E-state index is -1.25. The molecular formula is C16H37NSSi2. The predicted molar refractivity (Wildman–Crippen MR) is 103 cm³/mol. The minimum Gasteiger partial charge on any atom is -0.289 e. The summed E-state index contributed by atoms with van der Waals surface area (Å²) in [7, 11) is -2.51. The normalized spacial score (nSPS) is 14.2. The van der Waals surface area contributed by atoms with Gasteiger partial charge in [-0.25, -0.2) is 0 Å². The molecular weight excluding hydrogens is 294 g/mol. The second-order valence-electron chi connectivity index (χ2n) is 7.64. The fourth-order valence-electron chi connectivity index (χ4n) is 2.40. The Bertz CT molecular complexity index is 276. The molecule has 0 saturated carbocycles. The van der Waals surface area contributed by atoms with Gasteiger partial charge in [0.15, 0.2) is 0 Å². The molecule has 0 aromatic carbocycles. The van der Waals surface area contributed by atoms with Crippen molar-refractivity contribution in [2.24, 2.45) is 0 Å². The second kappa shape index (κ2) is 9.49. The molecule has 0 unspecified atom stereocenters. The van der Waals surface area contributed by atoms with Gasteiger partial charge in [0.25, 0.3) is 0 Å². The second-order valence-corrected chi connectivity index (χ2v) is 19.4. The largest absolute Gasteiger partial charge is 0.289 e. The highest BCUT2D eigenvalue weighted by molar-refractivity contribution is 8.03. The van der Waals surface area contributed by atoms with Crippen LogP contribution < -0.4 is 0 Å². The van der Waals surface area contributed by atoms with Gasteiger partial charge in [0, 0.05) is 0 Å². The Morgan fingerprint density at radius 2 is 1.40 bits per heavy atom. The van der Waals surface area contributed by atoms with Gasteiger partial charge in [-0.1, -0.05) is 90.4 Å². The van der Waals surface area contributed by atoms with Gasteiger partial charge in [-0.2, -0.15) is 0 Å². The van der Waals surface area contributed by atoms with E-state index in [1.165, 1.54) is 38.5 Å². The Morgan fingerprint density at radius 1 is 0.900 bits per heavy atom. The van der Waals surface area contributed by atoms with Crippen LogP contribution in [0.25, 0.3) is 0 Å². The highest BCUT2D eigenvalue weighted by atomic mass is 32.2. The third-order valence-corrected chi connectivity index (χ3v) is 14.2. The molecule has 20 heavy (non-hydrogen) atoms. The monoisotopic (exact) mass is 331 g/mol. The maximum Gasteiger partial charge on any atom is 0.123 e. The summed E-state index contributed by atoms with van der Waals surface area (Å²) in [4.78, 5) is 1.63. The van der Waals surface area contributed by atoms with Crippen molar-refractivity contribution < 1.29 is 0 Å². The number of allylic oxidation sites excluding steroid dienone is 2. The molecule has 0 N–H and O–H groups in total. The van der Waals surface area contributed by atoms with E-state index in [4.69, 9.17) is 0 Å². The number of hydrogen-bond acceptors (Lipinski definition) is 2. The van der Waals surface area contributed by atoms with Crippen LogP contribution in [-0.2, 0) is 0 Å². The molecule has 0 saturated heterocycles. The Labute approximate surface area is 134 Å². The zero-order valence-electron chi connectivity index (χ0n) is 15.2. The van der Waals surface area contributed by atoms with Gasteiger partial charge >= 0.3 is 0 Å². The van der Waals surface area contributed by atoms with Crippen LogP contribution in [0.5, 0.6) is 0 Å².